The van der Waals surface area contributed by atoms with Gasteiger partial charge in [-0.3, -0.25) is 0 Å². The summed E-state index contributed by atoms with van der Waals surface area (Å²) in [6.07, 6.45) is 0.915. The maximum Gasteiger partial charge on any atom is 0.243 e. The van der Waals surface area contributed by atoms with E-state index in [1.807, 2.05) is 30.3 Å². The molecule has 0 bridgehead atoms. The third kappa shape index (κ3) is 2.95. The van der Waals surface area contributed by atoms with Crippen molar-refractivity contribution < 1.29 is 13.3 Å². The predicted molar refractivity (Wildman–Crippen MR) is 83.9 cm³/mol. The number of hydrogen-bond donors (Lipinski definition) is 1. The molecule has 112 valence electrons. The van der Waals surface area contributed by atoms with Crippen LogP contribution in [-0.4, -0.2) is 45.9 Å². The standard InChI is InChI=1S/C16H20N2O2S/c1-17-9-4-10-18(12-11-17)21(19,20)16-8-7-14-5-2-3-6-15(14)13-16/h2-3,5-8,13H,4,9-12H2,1H3/p+1. The molecular formula is C16H21N2O2S+. The first-order valence-electron chi connectivity index (χ1n) is 7.37. The topological polar surface area (TPSA) is 41.8 Å². The van der Waals surface area contributed by atoms with E-state index in [1.165, 1.54) is 4.90 Å². The number of fused-ring (bicyclic) bond motifs is 1. The van der Waals surface area contributed by atoms with E-state index in [9.17, 15) is 8.42 Å². The number of hydrogen-bond acceptors (Lipinski definition) is 2. The van der Waals surface area contributed by atoms with E-state index >= 15 is 0 Å². The fourth-order valence-electron chi connectivity index (χ4n) is 2.83. The number of nitrogens with zero attached hydrogens (tertiary/aromatic N) is 1. The summed E-state index contributed by atoms with van der Waals surface area (Å²) in [5.41, 5.74) is 0. The van der Waals surface area contributed by atoms with Gasteiger partial charge in [0.25, 0.3) is 0 Å². The van der Waals surface area contributed by atoms with Crippen LogP contribution in [0.4, 0.5) is 0 Å². The van der Waals surface area contributed by atoms with Crippen LogP contribution >= 0.6 is 0 Å². The van der Waals surface area contributed by atoms with Gasteiger partial charge in [0.05, 0.1) is 31.6 Å². The van der Waals surface area contributed by atoms with Crippen LogP contribution in [0.25, 0.3) is 10.8 Å². The SMILES string of the molecule is C[NH+]1CCCN(S(=O)(=O)c2ccc3ccccc3c2)CC1. The quantitative estimate of drug-likeness (QED) is 0.889. The van der Waals surface area contributed by atoms with Crippen LogP contribution in [0.1, 0.15) is 6.42 Å². The third-order valence-electron chi connectivity index (χ3n) is 4.16. The molecule has 5 heteroatoms. The van der Waals surface area contributed by atoms with Crippen LogP contribution in [0.15, 0.2) is 47.4 Å². The van der Waals surface area contributed by atoms with Crippen LogP contribution in [0.3, 0.4) is 0 Å². The molecule has 1 aliphatic rings. The Morgan fingerprint density at radius 3 is 2.57 bits per heavy atom. The zero-order chi connectivity index (χ0) is 14.9. The van der Waals surface area contributed by atoms with E-state index in [4.69, 9.17) is 0 Å². The molecule has 2 aromatic rings. The molecule has 1 atom stereocenters. The highest BCUT2D eigenvalue weighted by Crippen LogP contribution is 2.22. The summed E-state index contributed by atoms with van der Waals surface area (Å²) in [7, 11) is -1.26. The molecule has 4 nitrogen and oxygen atoms in total. The minimum Gasteiger partial charge on any atom is -0.336 e. The number of rotatable bonds is 2. The van der Waals surface area contributed by atoms with Crippen LogP contribution in [0, 0.1) is 0 Å². The van der Waals surface area contributed by atoms with Gasteiger partial charge < -0.3 is 4.90 Å². The van der Waals surface area contributed by atoms with Gasteiger partial charge in [-0.25, -0.2) is 8.42 Å². The van der Waals surface area contributed by atoms with Crippen molar-refractivity contribution in [3.8, 4) is 0 Å². The Balaban J connectivity index is 1.95. The van der Waals surface area contributed by atoms with Gasteiger partial charge in [-0.2, -0.15) is 4.31 Å². The largest absolute Gasteiger partial charge is 0.336 e. The van der Waals surface area contributed by atoms with Crippen molar-refractivity contribution in [3.63, 3.8) is 0 Å². The molecule has 21 heavy (non-hydrogen) atoms. The van der Waals surface area contributed by atoms with Crippen molar-refractivity contribution in [3.05, 3.63) is 42.5 Å². The fraction of sp³-hybridized carbons (Fsp3) is 0.375. The molecule has 0 saturated carbocycles. The molecule has 0 spiro atoms. The Morgan fingerprint density at radius 1 is 1.00 bits per heavy atom. The monoisotopic (exact) mass is 305 g/mol. The van der Waals surface area contributed by atoms with Gasteiger partial charge in [-0.1, -0.05) is 30.3 Å². The molecule has 1 saturated heterocycles. The van der Waals surface area contributed by atoms with Gasteiger partial charge in [-0.15, -0.1) is 0 Å². The van der Waals surface area contributed by atoms with E-state index in [-0.39, 0.29) is 0 Å². The Bertz CT molecular complexity index is 743. The second kappa shape index (κ2) is 5.75. The molecule has 3 rings (SSSR count). The lowest BCUT2D eigenvalue weighted by Gasteiger charge is -2.19. The van der Waals surface area contributed by atoms with Gasteiger partial charge in [0, 0.05) is 13.0 Å². The predicted octanol–water partition coefficient (Wildman–Crippen LogP) is 0.749. The lowest BCUT2D eigenvalue weighted by molar-refractivity contribution is -0.877. The summed E-state index contributed by atoms with van der Waals surface area (Å²) >= 11 is 0. The molecule has 1 N–H and O–H groups in total. The van der Waals surface area contributed by atoms with E-state index in [1.54, 1.807) is 16.4 Å². The molecule has 1 heterocycles. The molecule has 1 aliphatic heterocycles. The van der Waals surface area contributed by atoms with Crippen LogP contribution in [-0.2, 0) is 10.0 Å². The summed E-state index contributed by atoms with van der Waals surface area (Å²) in [5, 5.41) is 2.03. The average Bonchev–Trinajstić information content (AvgIpc) is 2.72. The minimum absolute atomic E-state index is 0.403. The maximum atomic E-state index is 12.8. The van der Waals surface area contributed by atoms with E-state index in [0.29, 0.717) is 18.0 Å². The Labute approximate surface area is 126 Å². The van der Waals surface area contributed by atoms with Crippen LogP contribution < -0.4 is 4.90 Å². The Morgan fingerprint density at radius 2 is 1.76 bits per heavy atom. The van der Waals surface area contributed by atoms with Crippen LogP contribution in [0.2, 0.25) is 0 Å². The zero-order valence-corrected chi connectivity index (χ0v) is 13.1. The van der Waals surface area contributed by atoms with E-state index in [0.717, 1.165) is 30.3 Å². The van der Waals surface area contributed by atoms with Gasteiger partial charge in [0.1, 0.15) is 0 Å². The first kappa shape index (κ1) is 14.5. The van der Waals surface area contributed by atoms with Gasteiger partial charge in [0.15, 0.2) is 0 Å². The molecule has 0 radical (unpaired) electrons. The summed E-state index contributed by atoms with van der Waals surface area (Å²) in [4.78, 5) is 1.80. The number of likely N-dealkylation sites (N-methyl/N-ethyl adjacent to an activating group) is 1. The highest BCUT2D eigenvalue weighted by atomic mass is 32.2. The molecular weight excluding hydrogens is 284 g/mol. The Hall–Kier alpha value is -1.43. The van der Waals surface area contributed by atoms with Crippen molar-refractivity contribution >= 4 is 20.8 Å². The number of sulfonamides is 1. The number of quaternary nitrogens is 1. The third-order valence-corrected chi connectivity index (χ3v) is 6.05. The van der Waals surface area contributed by atoms with Crippen molar-refractivity contribution in [1.29, 1.82) is 0 Å². The lowest BCUT2D eigenvalue weighted by atomic mass is 10.1. The summed E-state index contributed by atoms with van der Waals surface area (Å²) in [6.45, 7) is 3.12. The van der Waals surface area contributed by atoms with E-state index in [2.05, 4.69) is 7.05 Å². The van der Waals surface area contributed by atoms with Crippen molar-refractivity contribution in [1.82, 2.24) is 4.31 Å². The van der Waals surface area contributed by atoms with Crippen LogP contribution in [0.5, 0.6) is 0 Å². The normalized spacial score (nSPS) is 21.3. The highest BCUT2D eigenvalue weighted by Gasteiger charge is 2.27. The second-order valence-corrected chi connectivity index (χ2v) is 7.66. The molecule has 1 unspecified atom stereocenters. The zero-order valence-electron chi connectivity index (χ0n) is 12.2. The summed E-state index contributed by atoms with van der Waals surface area (Å²) in [6, 6.07) is 13.2. The molecule has 0 aliphatic carbocycles. The molecule has 0 amide bonds. The van der Waals surface area contributed by atoms with Crippen molar-refractivity contribution in [2.24, 2.45) is 0 Å². The lowest BCUT2D eigenvalue weighted by Crippen LogP contribution is -3.09. The van der Waals surface area contributed by atoms with Gasteiger partial charge in [-0.05, 0) is 22.9 Å². The minimum atomic E-state index is -3.38. The van der Waals surface area contributed by atoms with Gasteiger partial charge >= 0.3 is 0 Å². The van der Waals surface area contributed by atoms with E-state index < -0.39 is 10.0 Å². The number of benzene rings is 2. The number of nitrogens with one attached hydrogen (secondary N) is 1. The Kier molecular flexibility index (Phi) is 3.97. The highest BCUT2D eigenvalue weighted by molar-refractivity contribution is 7.89. The van der Waals surface area contributed by atoms with Crippen molar-refractivity contribution in [2.75, 3.05) is 33.2 Å². The summed E-state index contributed by atoms with van der Waals surface area (Å²) in [5.74, 6) is 0. The van der Waals surface area contributed by atoms with Crippen molar-refractivity contribution in [2.45, 2.75) is 11.3 Å². The first-order chi connectivity index (χ1) is 10.1. The molecule has 2 aromatic carbocycles. The molecule has 1 fully saturated rings. The maximum absolute atomic E-state index is 12.8. The average molecular weight is 305 g/mol. The summed E-state index contributed by atoms with van der Waals surface area (Å²) < 4.78 is 27.2. The van der Waals surface area contributed by atoms with Gasteiger partial charge in [0.2, 0.25) is 10.0 Å². The fourth-order valence-corrected chi connectivity index (χ4v) is 4.34. The second-order valence-electron chi connectivity index (χ2n) is 5.72. The smallest absolute Gasteiger partial charge is 0.243 e. The first-order valence-corrected chi connectivity index (χ1v) is 8.82. The molecule has 0 aromatic heterocycles.